The molecule has 0 aromatic heterocycles. The standard InChI is InChI=1S/C31H30FNO5/c1-3-37-29(35)31(30(36)38-4-2)25-13-9-8-12-23(25)26(21-14-16-22(32)17-15-21)24-19-33(28(34)27(24)31)18-20-10-6-5-7-11-20/h5-17,24,26-27H,3-4,18-19H2,1-2H3/t24-,26-,27+/m0/s1. The number of rotatable bonds is 7. The molecule has 1 saturated heterocycles. The molecule has 1 fully saturated rings. The zero-order valence-corrected chi connectivity index (χ0v) is 21.4. The van der Waals surface area contributed by atoms with Gasteiger partial charge in [0, 0.05) is 24.9 Å². The van der Waals surface area contributed by atoms with Crippen LogP contribution < -0.4 is 0 Å². The van der Waals surface area contributed by atoms with Crippen molar-refractivity contribution in [2.24, 2.45) is 11.8 Å². The van der Waals surface area contributed by atoms with Crippen LogP contribution in [0.5, 0.6) is 0 Å². The number of amides is 1. The van der Waals surface area contributed by atoms with E-state index < -0.39 is 29.2 Å². The second-order valence-corrected chi connectivity index (χ2v) is 9.71. The van der Waals surface area contributed by atoms with Crippen LogP contribution in [0.15, 0.2) is 78.9 Å². The number of benzene rings is 3. The largest absolute Gasteiger partial charge is 0.465 e. The molecule has 1 amide bonds. The predicted octanol–water partition coefficient (Wildman–Crippen LogP) is 4.61. The molecule has 3 aromatic carbocycles. The molecule has 0 spiro atoms. The van der Waals surface area contributed by atoms with Gasteiger partial charge in [0.15, 0.2) is 0 Å². The summed E-state index contributed by atoms with van der Waals surface area (Å²) in [4.78, 5) is 43.8. The third-order valence-electron chi connectivity index (χ3n) is 7.69. The maximum Gasteiger partial charge on any atom is 0.328 e. The van der Waals surface area contributed by atoms with E-state index in [0.29, 0.717) is 18.7 Å². The number of esters is 2. The van der Waals surface area contributed by atoms with E-state index in [1.54, 1.807) is 43.0 Å². The Morgan fingerprint density at radius 1 is 0.895 bits per heavy atom. The zero-order chi connectivity index (χ0) is 26.9. The van der Waals surface area contributed by atoms with Crippen LogP contribution in [-0.4, -0.2) is 42.5 Å². The van der Waals surface area contributed by atoms with Crippen LogP contribution >= 0.6 is 0 Å². The minimum Gasteiger partial charge on any atom is -0.465 e. The number of hydrogen-bond donors (Lipinski definition) is 0. The van der Waals surface area contributed by atoms with Crippen molar-refractivity contribution < 1.29 is 28.2 Å². The fourth-order valence-electron chi connectivity index (χ4n) is 6.25. The maximum atomic E-state index is 14.3. The van der Waals surface area contributed by atoms with Crippen LogP contribution in [0.3, 0.4) is 0 Å². The number of likely N-dealkylation sites (tertiary alicyclic amines) is 1. The van der Waals surface area contributed by atoms with Crippen LogP contribution in [0.2, 0.25) is 0 Å². The highest BCUT2D eigenvalue weighted by molar-refractivity contribution is 6.12. The molecule has 5 rings (SSSR count). The second-order valence-electron chi connectivity index (χ2n) is 9.71. The normalized spacial score (nSPS) is 21.4. The molecule has 0 radical (unpaired) electrons. The molecule has 6 nitrogen and oxygen atoms in total. The van der Waals surface area contributed by atoms with Crippen molar-refractivity contribution in [3.05, 3.63) is 107 Å². The summed E-state index contributed by atoms with van der Waals surface area (Å²) in [6.07, 6.45) is 0. The van der Waals surface area contributed by atoms with Crippen molar-refractivity contribution >= 4 is 17.8 Å². The Balaban J connectivity index is 1.75. The third-order valence-corrected chi connectivity index (χ3v) is 7.69. The predicted molar refractivity (Wildman–Crippen MR) is 138 cm³/mol. The molecule has 196 valence electrons. The zero-order valence-electron chi connectivity index (χ0n) is 21.4. The van der Waals surface area contributed by atoms with Gasteiger partial charge >= 0.3 is 11.9 Å². The van der Waals surface area contributed by atoms with Gasteiger partial charge < -0.3 is 14.4 Å². The highest BCUT2D eigenvalue weighted by atomic mass is 19.1. The summed E-state index contributed by atoms with van der Waals surface area (Å²) in [6.45, 7) is 4.08. The first-order valence-electron chi connectivity index (χ1n) is 12.9. The molecule has 2 aliphatic rings. The SMILES string of the molecule is CCOC(=O)C1(C(=O)OCC)c2ccccc2[C@H](c2ccc(F)cc2)[C@@H]2CN(Cc3ccccc3)C(=O)[C@@H]21. The van der Waals surface area contributed by atoms with E-state index >= 15 is 0 Å². The molecule has 38 heavy (non-hydrogen) atoms. The molecule has 3 atom stereocenters. The lowest BCUT2D eigenvalue weighted by Gasteiger charge is -2.44. The molecule has 0 bridgehead atoms. The summed E-state index contributed by atoms with van der Waals surface area (Å²) < 4.78 is 24.9. The number of ether oxygens (including phenoxy) is 2. The Hall–Kier alpha value is -4.00. The van der Waals surface area contributed by atoms with E-state index in [2.05, 4.69) is 0 Å². The number of fused-ring (bicyclic) bond motifs is 2. The average molecular weight is 516 g/mol. The van der Waals surface area contributed by atoms with Gasteiger partial charge in [-0.25, -0.2) is 4.39 Å². The number of halogens is 1. The van der Waals surface area contributed by atoms with E-state index in [9.17, 15) is 18.8 Å². The second kappa shape index (κ2) is 10.4. The lowest BCUT2D eigenvalue weighted by Crippen LogP contribution is -2.58. The minimum atomic E-state index is -1.95. The molecule has 1 heterocycles. The van der Waals surface area contributed by atoms with Gasteiger partial charge in [-0.15, -0.1) is 0 Å². The van der Waals surface area contributed by atoms with E-state index in [-0.39, 0.29) is 30.9 Å². The smallest absolute Gasteiger partial charge is 0.328 e. The van der Waals surface area contributed by atoms with Crippen molar-refractivity contribution in [3.8, 4) is 0 Å². The van der Waals surface area contributed by atoms with Gasteiger partial charge in [0.25, 0.3) is 0 Å². The van der Waals surface area contributed by atoms with Gasteiger partial charge in [-0.3, -0.25) is 14.4 Å². The van der Waals surface area contributed by atoms with Gasteiger partial charge in [0.2, 0.25) is 11.3 Å². The topological polar surface area (TPSA) is 72.9 Å². The van der Waals surface area contributed by atoms with Gasteiger partial charge in [0.05, 0.1) is 19.1 Å². The molecular formula is C31H30FNO5. The van der Waals surface area contributed by atoms with Crippen molar-refractivity contribution in [2.45, 2.75) is 31.7 Å². The van der Waals surface area contributed by atoms with E-state index in [0.717, 1.165) is 16.7 Å². The van der Waals surface area contributed by atoms with E-state index in [4.69, 9.17) is 9.47 Å². The van der Waals surface area contributed by atoms with Crippen LogP contribution in [0.4, 0.5) is 4.39 Å². The first-order chi connectivity index (χ1) is 18.4. The lowest BCUT2D eigenvalue weighted by atomic mass is 9.55. The van der Waals surface area contributed by atoms with E-state index in [1.165, 1.54) is 12.1 Å². The molecule has 7 heteroatoms. The highest BCUT2D eigenvalue weighted by Crippen LogP contribution is 2.56. The number of nitrogens with zero attached hydrogens (tertiary/aromatic N) is 1. The quantitative estimate of drug-likeness (QED) is 0.340. The van der Waals surface area contributed by atoms with Gasteiger partial charge in [-0.1, -0.05) is 66.7 Å². The van der Waals surface area contributed by atoms with Crippen molar-refractivity contribution in [1.29, 1.82) is 0 Å². The minimum absolute atomic E-state index is 0.0445. The molecule has 0 unspecified atom stereocenters. The van der Waals surface area contributed by atoms with Crippen molar-refractivity contribution in [1.82, 2.24) is 4.90 Å². The van der Waals surface area contributed by atoms with Crippen molar-refractivity contribution in [3.63, 3.8) is 0 Å². The van der Waals surface area contributed by atoms with Gasteiger partial charge in [0.1, 0.15) is 5.82 Å². The fourth-order valence-corrected chi connectivity index (χ4v) is 6.25. The van der Waals surface area contributed by atoms with Crippen LogP contribution in [0, 0.1) is 17.7 Å². The summed E-state index contributed by atoms with van der Waals surface area (Å²) >= 11 is 0. The first-order valence-corrected chi connectivity index (χ1v) is 12.9. The molecule has 0 saturated carbocycles. The molecule has 0 N–H and O–H groups in total. The first kappa shape index (κ1) is 25.6. The van der Waals surface area contributed by atoms with E-state index in [1.807, 2.05) is 42.5 Å². The number of carbonyl (C=O) groups excluding carboxylic acids is 3. The van der Waals surface area contributed by atoms with Crippen LogP contribution in [0.25, 0.3) is 0 Å². The average Bonchev–Trinajstić information content (AvgIpc) is 3.24. The Morgan fingerprint density at radius 3 is 2.13 bits per heavy atom. The summed E-state index contributed by atoms with van der Waals surface area (Å²) in [5, 5.41) is 0. The Labute approximate surface area is 221 Å². The summed E-state index contributed by atoms with van der Waals surface area (Å²) in [7, 11) is 0. The van der Waals surface area contributed by atoms with Crippen LogP contribution in [-0.2, 0) is 35.8 Å². The number of carbonyl (C=O) groups is 3. The Bertz CT molecular complexity index is 1320. The molecular weight excluding hydrogens is 485 g/mol. The Kier molecular flexibility index (Phi) is 7.02. The monoisotopic (exact) mass is 515 g/mol. The summed E-state index contributed by atoms with van der Waals surface area (Å²) in [5.74, 6) is -4.09. The maximum absolute atomic E-state index is 14.3. The highest BCUT2D eigenvalue weighted by Gasteiger charge is 2.68. The third kappa shape index (κ3) is 4.06. The molecule has 3 aromatic rings. The van der Waals surface area contributed by atoms with Crippen molar-refractivity contribution in [2.75, 3.05) is 19.8 Å². The Morgan fingerprint density at radius 2 is 1.50 bits per heavy atom. The van der Waals surface area contributed by atoms with Gasteiger partial charge in [-0.05, 0) is 48.2 Å². The van der Waals surface area contributed by atoms with Gasteiger partial charge in [-0.2, -0.15) is 0 Å². The fraction of sp³-hybridized carbons (Fsp3) is 0.323. The summed E-state index contributed by atoms with van der Waals surface area (Å²) in [6, 6.07) is 23.0. The number of hydrogen-bond acceptors (Lipinski definition) is 5. The molecule has 1 aliphatic carbocycles. The lowest BCUT2D eigenvalue weighted by molar-refractivity contribution is -0.172. The van der Waals surface area contributed by atoms with Crippen LogP contribution in [0.1, 0.15) is 42.0 Å². The molecule has 1 aliphatic heterocycles. The summed E-state index contributed by atoms with van der Waals surface area (Å²) in [5.41, 5.74) is 0.933.